The summed E-state index contributed by atoms with van der Waals surface area (Å²) in [5.74, 6) is 0.908. The number of cyclic esters (lactones) is 1. The molecule has 4 atom stereocenters. The van der Waals surface area contributed by atoms with Gasteiger partial charge in [-0.3, -0.25) is 0 Å². The number of aliphatic hydroxyl groups is 1. The number of carbonyl (C=O) groups is 1. The number of hydrogen-bond donors (Lipinski definition) is 2. The maximum Gasteiger partial charge on any atom is 0.407 e. The molecule has 4 nitrogen and oxygen atoms in total. The molecule has 1 heterocycles. The Morgan fingerprint density at radius 3 is 2.96 bits per heavy atom. The van der Waals surface area contributed by atoms with Crippen molar-refractivity contribution in [2.24, 2.45) is 5.92 Å². The standard InChI is InChI=1S/C19H25NO3/c1-12(21)13-2-3-15-9-16(5-4-14(15)8-13)17-6-7-19(10-17)11-23-18(22)20-19/h4-5,9,12-13,17,21H,2-3,6-8,10-11H2,1H3,(H,20,22)/t12-,13?,17-,19+/m0/s1. The van der Waals surface area contributed by atoms with E-state index < -0.39 is 0 Å². The number of carbonyl (C=O) groups excluding carboxylic acids is 1. The molecule has 0 radical (unpaired) electrons. The van der Waals surface area contributed by atoms with Crippen LogP contribution in [0.2, 0.25) is 0 Å². The van der Waals surface area contributed by atoms with E-state index in [4.69, 9.17) is 4.74 Å². The maximum absolute atomic E-state index is 11.4. The fourth-order valence-electron chi connectivity index (χ4n) is 4.62. The fourth-order valence-corrected chi connectivity index (χ4v) is 4.62. The Balaban J connectivity index is 1.50. The number of nitrogens with one attached hydrogen (secondary N) is 1. The molecule has 4 rings (SSSR count). The van der Waals surface area contributed by atoms with Crippen LogP contribution in [-0.4, -0.2) is 29.4 Å². The predicted octanol–water partition coefficient (Wildman–Crippen LogP) is 2.92. The molecule has 1 aliphatic heterocycles. The van der Waals surface area contributed by atoms with Gasteiger partial charge in [-0.05, 0) is 74.0 Å². The van der Waals surface area contributed by atoms with Gasteiger partial charge in [0.15, 0.2) is 0 Å². The topological polar surface area (TPSA) is 58.6 Å². The summed E-state index contributed by atoms with van der Waals surface area (Å²) < 4.78 is 5.13. The molecule has 1 aromatic carbocycles. The molecule has 23 heavy (non-hydrogen) atoms. The lowest BCUT2D eigenvalue weighted by Gasteiger charge is -2.27. The van der Waals surface area contributed by atoms with Crippen LogP contribution in [0.25, 0.3) is 0 Å². The van der Waals surface area contributed by atoms with Gasteiger partial charge in [0.25, 0.3) is 0 Å². The number of fused-ring (bicyclic) bond motifs is 1. The van der Waals surface area contributed by atoms with Crippen molar-refractivity contribution in [1.29, 1.82) is 0 Å². The Kier molecular flexibility index (Phi) is 3.60. The third-order valence-electron chi connectivity index (χ3n) is 6.11. The minimum atomic E-state index is -0.264. The lowest BCUT2D eigenvalue weighted by atomic mass is 9.79. The first-order valence-corrected chi connectivity index (χ1v) is 8.79. The van der Waals surface area contributed by atoms with Gasteiger partial charge in [-0.1, -0.05) is 18.2 Å². The largest absolute Gasteiger partial charge is 0.447 e. The molecule has 2 fully saturated rings. The summed E-state index contributed by atoms with van der Waals surface area (Å²) in [6, 6.07) is 6.88. The van der Waals surface area contributed by atoms with Crippen LogP contribution < -0.4 is 5.32 Å². The van der Waals surface area contributed by atoms with E-state index in [9.17, 15) is 9.90 Å². The van der Waals surface area contributed by atoms with Crippen molar-refractivity contribution in [3.8, 4) is 0 Å². The van der Waals surface area contributed by atoms with Crippen LogP contribution in [0.15, 0.2) is 18.2 Å². The average molecular weight is 315 g/mol. The maximum atomic E-state index is 11.4. The van der Waals surface area contributed by atoms with Gasteiger partial charge >= 0.3 is 6.09 Å². The van der Waals surface area contributed by atoms with E-state index in [1.165, 1.54) is 16.7 Å². The first kappa shape index (κ1) is 15.0. The van der Waals surface area contributed by atoms with Gasteiger partial charge < -0.3 is 15.2 Å². The molecule has 2 aliphatic carbocycles. The molecule has 1 spiro atoms. The van der Waals surface area contributed by atoms with Crippen LogP contribution in [0.4, 0.5) is 4.79 Å². The van der Waals surface area contributed by atoms with Crippen molar-refractivity contribution in [1.82, 2.24) is 5.32 Å². The summed E-state index contributed by atoms with van der Waals surface area (Å²) >= 11 is 0. The van der Waals surface area contributed by atoms with Crippen LogP contribution in [0.1, 0.15) is 55.2 Å². The third-order valence-corrected chi connectivity index (χ3v) is 6.11. The van der Waals surface area contributed by atoms with Gasteiger partial charge in [-0.15, -0.1) is 0 Å². The predicted molar refractivity (Wildman–Crippen MR) is 87.4 cm³/mol. The second-order valence-corrected chi connectivity index (χ2v) is 7.69. The van der Waals surface area contributed by atoms with E-state index in [0.29, 0.717) is 18.4 Å². The zero-order chi connectivity index (χ0) is 16.0. The second-order valence-electron chi connectivity index (χ2n) is 7.69. The van der Waals surface area contributed by atoms with E-state index in [-0.39, 0.29) is 17.7 Å². The molecule has 1 saturated heterocycles. The minimum Gasteiger partial charge on any atom is -0.447 e. The highest BCUT2D eigenvalue weighted by Gasteiger charge is 2.46. The molecule has 1 unspecified atom stereocenters. The highest BCUT2D eigenvalue weighted by Crippen LogP contribution is 2.43. The Morgan fingerprint density at radius 1 is 1.35 bits per heavy atom. The van der Waals surface area contributed by atoms with Crippen molar-refractivity contribution < 1.29 is 14.6 Å². The summed E-state index contributed by atoms with van der Waals surface area (Å²) in [7, 11) is 0. The Bertz CT molecular complexity index is 627. The van der Waals surface area contributed by atoms with E-state index in [1.54, 1.807) is 0 Å². The monoisotopic (exact) mass is 315 g/mol. The van der Waals surface area contributed by atoms with Crippen LogP contribution >= 0.6 is 0 Å². The highest BCUT2D eigenvalue weighted by molar-refractivity contribution is 5.70. The number of aliphatic hydroxyl groups excluding tert-OH is 1. The van der Waals surface area contributed by atoms with E-state index in [2.05, 4.69) is 23.5 Å². The quantitative estimate of drug-likeness (QED) is 0.882. The molecule has 0 bridgehead atoms. The van der Waals surface area contributed by atoms with Gasteiger partial charge in [0.05, 0.1) is 11.6 Å². The third kappa shape index (κ3) is 2.74. The molecular weight excluding hydrogens is 290 g/mol. The number of hydrogen-bond acceptors (Lipinski definition) is 3. The molecule has 124 valence electrons. The van der Waals surface area contributed by atoms with Gasteiger partial charge in [-0.2, -0.15) is 0 Å². The SMILES string of the molecule is C[C@H](O)C1CCc2cc([C@H]3CC[C@]4(COC(=O)N4)C3)ccc2C1. The van der Waals surface area contributed by atoms with E-state index in [0.717, 1.165) is 38.5 Å². The highest BCUT2D eigenvalue weighted by atomic mass is 16.6. The summed E-state index contributed by atoms with van der Waals surface area (Å²) in [6.07, 6.45) is 5.75. The van der Waals surface area contributed by atoms with Crippen LogP contribution in [0, 0.1) is 5.92 Å². The summed E-state index contributed by atoms with van der Waals surface area (Å²) in [5.41, 5.74) is 4.12. The molecule has 1 aromatic rings. The zero-order valence-electron chi connectivity index (χ0n) is 13.7. The van der Waals surface area contributed by atoms with Gasteiger partial charge in [0.1, 0.15) is 6.61 Å². The number of rotatable bonds is 2. The first-order chi connectivity index (χ1) is 11.0. The van der Waals surface area contributed by atoms with Gasteiger partial charge in [-0.25, -0.2) is 4.79 Å². The number of alkyl carbamates (subject to hydrolysis) is 1. The molecule has 2 N–H and O–H groups in total. The number of ether oxygens (including phenoxy) is 1. The smallest absolute Gasteiger partial charge is 0.407 e. The summed E-state index contributed by atoms with van der Waals surface area (Å²) in [6.45, 7) is 2.42. The van der Waals surface area contributed by atoms with Crippen molar-refractivity contribution in [2.45, 2.75) is 63.0 Å². The molecule has 1 amide bonds. The average Bonchev–Trinajstić information content (AvgIpc) is 3.12. The summed E-state index contributed by atoms with van der Waals surface area (Å²) in [4.78, 5) is 11.4. The van der Waals surface area contributed by atoms with Crippen molar-refractivity contribution >= 4 is 6.09 Å². The zero-order valence-corrected chi connectivity index (χ0v) is 13.7. The number of aryl methyl sites for hydroxylation is 1. The molecule has 4 heteroatoms. The van der Waals surface area contributed by atoms with Crippen molar-refractivity contribution in [3.05, 3.63) is 34.9 Å². The Morgan fingerprint density at radius 2 is 2.22 bits per heavy atom. The lowest BCUT2D eigenvalue weighted by Crippen LogP contribution is -2.40. The lowest BCUT2D eigenvalue weighted by molar-refractivity contribution is 0.116. The number of benzene rings is 1. The molecule has 0 aromatic heterocycles. The van der Waals surface area contributed by atoms with Gasteiger partial charge in [0, 0.05) is 0 Å². The van der Waals surface area contributed by atoms with Crippen molar-refractivity contribution in [2.75, 3.05) is 6.61 Å². The second kappa shape index (κ2) is 5.52. The summed E-state index contributed by atoms with van der Waals surface area (Å²) in [5, 5.41) is 12.8. The van der Waals surface area contributed by atoms with Crippen LogP contribution in [-0.2, 0) is 17.6 Å². The van der Waals surface area contributed by atoms with E-state index in [1.807, 2.05) is 6.92 Å². The van der Waals surface area contributed by atoms with Crippen LogP contribution in [0.3, 0.4) is 0 Å². The fraction of sp³-hybridized carbons (Fsp3) is 0.632. The Hall–Kier alpha value is -1.55. The van der Waals surface area contributed by atoms with Gasteiger partial charge in [0.2, 0.25) is 0 Å². The van der Waals surface area contributed by atoms with E-state index >= 15 is 0 Å². The molecule has 3 aliphatic rings. The normalized spacial score (nSPS) is 34.1. The minimum absolute atomic E-state index is 0.130. The first-order valence-electron chi connectivity index (χ1n) is 8.79. The van der Waals surface area contributed by atoms with Crippen molar-refractivity contribution in [3.63, 3.8) is 0 Å². The Labute approximate surface area is 137 Å². The molecule has 1 saturated carbocycles. The van der Waals surface area contributed by atoms with Crippen LogP contribution in [0.5, 0.6) is 0 Å². The molecular formula is C19H25NO3. The number of amides is 1.